The Balaban J connectivity index is 2.08. The molecule has 2 aromatic heterocycles. The summed E-state index contributed by atoms with van der Waals surface area (Å²) in [4.78, 5) is 12.9. The van der Waals surface area contributed by atoms with Crippen LogP contribution in [0.1, 0.15) is 17.0 Å². The fourth-order valence-electron chi connectivity index (χ4n) is 1.61. The van der Waals surface area contributed by atoms with Crippen LogP contribution in [0.3, 0.4) is 0 Å². The van der Waals surface area contributed by atoms with E-state index in [1.807, 2.05) is 33.0 Å². The molecule has 0 spiro atoms. The minimum Gasteiger partial charge on any atom is -0.373 e. The Morgan fingerprint density at radius 3 is 2.83 bits per heavy atom. The predicted octanol–water partition coefficient (Wildman–Crippen LogP) is 2.14. The normalized spacial score (nSPS) is 10.2. The van der Waals surface area contributed by atoms with Crippen molar-refractivity contribution in [1.29, 1.82) is 0 Å². The molecule has 18 heavy (non-hydrogen) atoms. The number of hydrogen-bond acceptors (Lipinski definition) is 5. The highest BCUT2D eigenvalue weighted by molar-refractivity contribution is 5.42. The van der Waals surface area contributed by atoms with Crippen LogP contribution in [0.25, 0.3) is 0 Å². The van der Waals surface area contributed by atoms with Crippen LogP contribution in [-0.4, -0.2) is 22.0 Å². The highest BCUT2D eigenvalue weighted by atomic mass is 15.0. The summed E-state index contributed by atoms with van der Waals surface area (Å²) in [7, 11) is 1.86. The van der Waals surface area contributed by atoms with Crippen molar-refractivity contribution in [3.05, 3.63) is 41.5 Å². The van der Waals surface area contributed by atoms with Gasteiger partial charge in [-0.15, -0.1) is 0 Å². The molecule has 0 fully saturated rings. The number of aryl methyl sites for hydroxylation is 2. The molecule has 0 aliphatic rings. The van der Waals surface area contributed by atoms with Crippen LogP contribution in [0, 0.1) is 13.8 Å². The first-order chi connectivity index (χ1) is 8.69. The van der Waals surface area contributed by atoms with Crippen LogP contribution in [0.2, 0.25) is 0 Å². The molecule has 5 nitrogen and oxygen atoms in total. The Kier molecular flexibility index (Phi) is 3.72. The fourth-order valence-corrected chi connectivity index (χ4v) is 1.61. The molecule has 2 aromatic rings. The van der Waals surface area contributed by atoms with E-state index in [0.717, 1.165) is 28.6 Å². The largest absolute Gasteiger partial charge is 0.373 e. The smallest absolute Gasteiger partial charge is 0.148 e. The molecule has 0 aromatic carbocycles. The van der Waals surface area contributed by atoms with Crippen LogP contribution in [0.5, 0.6) is 0 Å². The van der Waals surface area contributed by atoms with Crippen molar-refractivity contribution in [2.45, 2.75) is 20.4 Å². The Hall–Kier alpha value is -2.17. The molecule has 0 amide bonds. The molecule has 0 aliphatic heterocycles. The molecule has 2 heterocycles. The van der Waals surface area contributed by atoms with Crippen molar-refractivity contribution in [2.75, 3.05) is 17.7 Å². The van der Waals surface area contributed by atoms with Gasteiger partial charge >= 0.3 is 0 Å². The van der Waals surface area contributed by atoms with Gasteiger partial charge in [0.05, 0.1) is 11.4 Å². The summed E-state index contributed by atoms with van der Waals surface area (Å²) in [6.45, 7) is 4.58. The topological polar surface area (TPSA) is 62.7 Å². The molecule has 0 radical (unpaired) electrons. The van der Waals surface area contributed by atoms with Gasteiger partial charge in [-0.05, 0) is 31.5 Å². The van der Waals surface area contributed by atoms with Gasteiger partial charge in [-0.2, -0.15) is 0 Å². The lowest BCUT2D eigenvalue weighted by atomic mass is 10.2. The molecular weight excluding hydrogens is 226 g/mol. The van der Waals surface area contributed by atoms with Gasteiger partial charge in [-0.3, -0.25) is 4.98 Å². The summed E-state index contributed by atoms with van der Waals surface area (Å²) in [5.41, 5.74) is 2.97. The zero-order valence-corrected chi connectivity index (χ0v) is 10.9. The number of hydrogen-bond donors (Lipinski definition) is 2. The van der Waals surface area contributed by atoms with Gasteiger partial charge in [0.1, 0.15) is 11.6 Å². The average Bonchev–Trinajstić information content (AvgIpc) is 2.40. The summed E-state index contributed by atoms with van der Waals surface area (Å²) in [5.74, 6) is 1.69. The summed E-state index contributed by atoms with van der Waals surface area (Å²) in [5, 5.41) is 6.31. The lowest BCUT2D eigenvalue weighted by Gasteiger charge is -2.09. The monoisotopic (exact) mass is 243 g/mol. The van der Waals surface area contributed by atoms with Crippen LogP contribution >= 0.6 is 0 Å². The first-order valence-electron chi connectivity index (χ1n) is 5.86. The maximum absolute atomic E-state index is 4.43. The van der Waals surface area contributed by atoms with Gasteiger partial charge in [0, 0.05) is 26.0 Å². The van der Waals surface area contributed by atoms with Crippen LogP contribution in [0.4, 0.5) is 11.6 Å². The van der Waals surface area contributed by atoms with Gasteiger partial charge < -0.3 is 10.6 Å². The number of rotatable bonds is 4. The Labute approximate surface area is 107 Å². The number of anilines is 2. The molecule has 0 saturated carbocycles. The molecule has 0 aliphatic carbocycles. The van der Waals surface area contributed by atoms with Crippen LogP contribution in [0.15, 0.2) is 24.5 Å². The number of pyridine rings is 1. The third-order valence-corrected chi connectivity index (χ3v) is 2.62. The highest BCUT2D eigenvalue weighted by Gasteiger charge is 2.02. The van der Waals surface area contributed by atoms with Crippen molar-refractivity contribution in [1.82, 2.24) is 15.0 Å². The minimum atomic E-state index is 0.705. The lowest BCUT2D eigenvalue weighted by Crippen LogP contribution is -2.06. The standard InChI is InChI=1S/C13H17N5/c1-9-7-16-10(2)13(18-9)17-8-11-4-5-15-12(6-11)14-3/h4-7H,8H2,1-3H3,(H,14,15)(H,17,18). The maximum atomic E-state index is 4.43. The first-order valence-corrected chi connectivity index (χ1v) is 5.86. The number of nitrogens with zero attached hydrogens (tertiary/aromatic N) is 3. The van der Waals surface area contributed by atoms with Gasteiger partial charge in [0.25, 0.3) is 0 Å². The maximum Gasteiger partial charge on any atom is 0.148 e. The predicted molar refractivity (Wildman–Crippen MR) is 72.6 cm³/mol. The van der Waals surface area contributed by atoms with Crippen molar-refractivity contribution in [3.8, 4) is 0 Å². The average molecular weight is 243 g/mol. The second-order valence-electron chi connectivity index (χ2n) is 4.10. The summed E-state index contributed by atoms with van der Waals surface area (Å²) in [6.07, 6.45) is 3.56. The zero-order valence-electron chi connectivity index (χ0n) is 10.9. The minimum absolute atomic E-state index is 0.705. The van der Waals surface area contributed by atoms with Crippen molar-refractivity contribution in [3.63, 3.8) is 0 Å². The van der Waals surface area contributed by atoms with Crippen molar-refractivity contribution < 1.29 is 0 Å². The molecular formula is C13H17N5. The van der Waals surface area contributed by atoms with E-state index >= 15 is 0 Å². The summed E-state index contributed by atoms with van der Waals surface area (Å²) >= 11 is 0. The molecule has 0 unspecified atom stereocenters. The van der Waals surface area contributed by atoms with E-state index in [-0.39, 0.29) is 0 Å². The van der Waals surface area contributed by atoms with E-state index < -0.39 is 0 Å². The van der Waals surface area contributed by atoms with Gasteiger partial charge in [0.2, 0.25) is 0 Å². The molecule has 5 heteroatoms. The lowest BCUT2D eigenvalue weighted by molar-refractivity contribution is 1.02. The fraction of sp³-hybridized carbons (Fsp3) is 0.308. The molecule has 0 atom stereocenters. The molecule has 94 valence electrons. The Bertz CT molecular complexity index is 539. The van der Waals surface area contributed by atoms with E-state index in [9.17, 15) is 0 Å². The molecule has 0 bridgehead atoms. The number of nitrogens with one attached hydrogen (secondary N) is 2. The summed E-state index contributed by atoms with van der Waals surface area (Å²) in [6, 6.07) is 3.98. The van der Waals surface area contributed by atoms with E-state index in [2.05, 4.69) is 25.6 Å². The van der Waals surface area contributed by atoms with E-state index in [1.54, 1.807) is 12.4 Å². The van der Waals surface area contributed by atoms with Crippen LogP contribution < -0.4 is 10.6 Å². The number of aromatic nitrogens is 3. The van der Waals surface area contributed by atoms with Crippen molar-refractivity contribution >= 4 is 11.6 Å². The SMILES string of the molecule is CNc1cc(CNc2nc(C)cnc2C)ccn1. The van der Waals surface area contributed by atoms with Gasteiger partial charge in [-0.25, -0.2) is 9.97 Å². The van der Waals surface area contributed by atoms with E-state index in [4.69, 9.17) is 0 Å². The Morgan fingerprint density at radius 1 is 1.22 bits per heavy atom. The summed E-state index contributed by atoms with van der Waals surface area (Å²) < 4.78 is 0. The van der Waals surface area contributed by atoms with Crippen molar-refractivity contribution in [2.24, 2.45) is 0 Å². The Morgan fingerprint density at radius 2 is 2.06 bits per heavy atom. The van der Waals surface area contributed by atoms with Gasteiger partial charge in [0.15, 0.2) is 0 Å². The molecule has 0 saturated heterocycles. The second-order valence-corrected chi connectivity index (χ2v) is 4.10. The van der Waals surface area contributed by atoms with E-state index in [1.165, 1.54) is 0 Å². The highest BCUT2D eigenvalue weighted by Crippen LogP contribution is 2.12. The third-order valence-electron chi connectivity index (χ3n) is 2.62. The molecule has 2 rings (SSSR count). The van der Waals surface area contributed by atoms with Crippen LogP contribution in [-0.2, 0) is 6.54 Å². The third kappa shape index (κ3) is 2.94. The quantitative estimate of drug-likeness (QED) is 0.861. The molecule has 2 N–H and O–H groups in total. The van der Waals surface area contributed by atoms with E-state index in [0.29, 0.717) is 6.54 Å². The first kappa shape index (κ1) is 12.3. The zero-order chi connectivity index (χ0) is 13.0. The van der Waals surface area contributed by atoms with Gasteiger partial charge in [-0.1, -0.05) is 0 Å². The second kappa shape index (κ2) is 5.44.